The third-order valence-electron chi connectivity index (χ3n) is 2.57. The van der Waals surface area contributed by atoms with Gasteiger partial charge in [0.15, 0.2) is 5.96 Å². The Hall–Kier alpha value is -0.900. The van der Waals surface area contributed by atoms with Crippen molar-refractivity contribution in [1.29, 1.82) is 0 Å². The Labute approximate surface area is 147 Å². The number of nitrogens with zero attached hydrogens (tertiary/aromatic N) is 3. The van der Waals surface area contributed by atoms with E-state index in [1.165, 1.54) is 7.11 Å². The molecular weight excluding hydrogens is 403 g/mol. The van der Waals surface area contributed by atoms with Gasteiger partial charge in [0.25, 0.3) is 0 Å². The first-order valence-corrected chi connectivity index (χ1v) is 7.42. The summed E-state index contributed by atoms with van der Waals surface area (Å²) in [5, 5.41) is 6.30. The lowest BCUT2D eigenvalue weighted by atomic mass is 10.4. The van der Waals surface area contributed by atoms with E-state index in [9.17, 15) is 4.79 Å². The molecule has 0 bridgehead atoms. The normalized spacial score (nSPS) is 10.8. The standard InChI is InChI=1S/C13H22N4O2S.HI/c1-5-14-13(15-7-6-12(18)19-4)17(3)8-11-9-20-10(2)16-11;/h9H,5-8H2,1-4H3,(H,14,15);1H. The molecule has 0 saturated heterocycles. The van der Waals surface area contributed by atoms with Gasteiger partial charge in [-0.1, -0.05) is 0 Å². The Balaban J connectivity index is 0.00000400. The molecule has 0 aromatic carbocycles. The molecule has 1 rings (SSSR count). The fraction of sp³-hybridized carbons (Fsp3) is 0.615. The first-order chi connectivity index (χ1) is 9.56. The van der Waals surface area contributed by atoms with Crippen LogP contribution in [-0.4, -0.2) is 49.1 Å². The van der Waals surface area contributed by atoms with E-state index in [1.807, 2.05) is 31.2 Å². The highest BCUT2D eigenvalue weighted by atomic mass is 127. The molecule has 8 heteroatoms. The van der Waals surface area contributed by atoms with E-state index in [4.69, 9.17) is 0 Å². The number of aliphatic imine (C=N–C) groups is 1. The number of aromatic nitrogens is 1. The molecule has 21 heavy (non-hydrogen) atoms. The summed E-state index contributed by atoms with van der Waals surface area (Å²) in [4.78, 5) is 21.9. The average Bonchev–Trinajstić information content (AvgIpc) is 2.82. The van der Waals surface area contributed by atoms with Gasteiger partial charge in [-0.15, -0.1) is 35.3 Å². The summed E-state index contributed by atoms with van der Waals surface area (Å²) in [6.45, 7) is 5.88. The number of halogens is 1. The second kappa shape index (κ2) is 10.8. The first kappa shape index (κ1) is 20.1. The highest BCUT2D eigenvalue weighted by molar-refractivity contribution is 14.0. The zero-order valence-electron chi connectivity index (χ0n) is 12.9. The summed E-state index contributed by atoms with van der Waals surface area (Å²) < 4.78 is 4.60. The number of hydrogen-bond acceptors (Lipinski definition) is 5. The van der Waals surface area contributed by atoms with Crippen molar-refractivity contribution < 1.29 is 9.53 Å². The summed E-state index contributed by atoms with van der Waals surface area (Å²) in [6.07, 6.45) is 0.287. The van der Waals surface area contributed by atoms with Crippen molar-refractivity contribution in [3.05, 3.63) is 16.1 Å². The fourth-order valence-corrected chi connectivity index (χ4v) is 2.23. The van der Waals surface area contributed by atoms with Crippen molar-refractivity contribution in [1.82, 2.24) is 15.2 Å². The lowest BCUT2D eigenvalue weighted by Crippen LogP contribution is -2.38. The van der Waals surface area contributed by atoms with Gasteiger partial charge < -0.3 is 15.0 Å². The molecule has 1 heterocycles. The summed E-state index contributed by atoms with van der Waals surface area (Å²) in [6, 6.07) is 0. The molecule has 0 aliphatic carbocycles. The van der Waals surface area contributed by atoms with Crippen molar-refractivity contribution >= 4 is 47.2 Å². The van der Waals surface area contributed by atoms with Crippen LogP contribution < -0.4 is 5.32 Å². The van der Waals surface area contributed by atoms with Crippen molar-refractivity contribution in [2.24, 2.45) is 4.99 Å². The van der Waals surface area contributed by atoms with Gasteiger partial charge >= 0.3 is 5.97 Å². The number of carbonyl (C=O) groups is 1. The summed E-state index contributed by atoms with van der Waals surface area (Å²) in [7, 11) is 3.34. The molecule has 0 aliphatic rings. The Bertz CT molecular complexity index is 465. The van der Waals surface area contributed by atoms with Crippen LogP contribution in [0, 0.1) is 6.92 Å². The smallest absolute Gasteiger partial charge is 0.307 e. The van der Waals surface area contributed by atoms with Gasteiger partial charge in [-0.05, 0) is 13.8 Å². The minimum atomic E-state index is -0.248. The third kappa shape index (κ3) is 7.60. The Morgan fingerprint density at radius 3 is 2.81 bits per heavy atom. The van der Waals surface area contributed by atoms with Gasteiger partial charge in [-0.25, -0.2) is 4.98 Å². The predicted octanol–water partition coefficient (Wildman–Crippen LogP) is 2.03. The lowest BCUT2D eigenvalue weighted by molar-refractivity contribution is -0.140. The van der Waals surface area contributed by atoms with Crippen LogP contribution in [0.3, 0.4) is 0 Å². The molecule has 120 valence electrons. The van der Waals surface area contributed by atoms with Crippen LogP contribution in [0.4, 0.5) is 0 Å². The van der Waals surface area contributed by atoms with Crippen molar-refractivity contribution in [3.8, 4) is 0 Å². The number of hydrogen-bond donors (Lipinski definition) is 1. The van der Waals surface area contributed by atoms with Crippen LogP contribution in [0.2, 0.25) is 0 Å². The van der Waals surface area contributed by atoms with Crippen LogP contribution in [0.1, 0.15) is 24.0 Å². The quantitative estimate of drug-likeness (QED) is 0.327. The van der Waals surface area contributed by atoms with Crippen LogP contribution >= 0.6 is 35.3 Å². The monoisotopic (exact) mass is 426 g/mol. The second-order valence-electron chi connectivity index (χ2n) is 4.28. The minimum absolute atomic E-state index is 0. The molecule has 6 nitrogen and oxygen atoms in total. The third-order valence-corrected chi connectivity index (χ3v) is 3.39. The highest BCUT2D eigenvalue weighted by Gasteiger charge is 2.09. The molecular formula is C13H23IN4O2S. The topological polar surface area (TPSA) is 66.8 Å². The van der Waals surface area contributed by atoms with Gasteiger partial charge in [0.05, 0.1) is 37.3 Å². The van der Waals surface area contributed by atoms with Gasteiger partial charge in [0, 0.05) is 19.0 Å². The maximum Gasteiger partial charge on any atom is 0.307 e. The Morgan fingerprint density at radius 1 is 1.57 bits per heavy atom. The van der Waals surface area contributed by atoms with Crippen molar-refractivity contribution in [2.45, 2.75) is 26.8 Å². The van der Waals surface area contributed by atoms with E-state index < -0.39 is 0 Å². The molecule has 0 atom stereocenters. The summed E-state index contributed by atoms with van der Waals surface area (Å²) >= 11 is 1.64. The zero-order valence-corrected chi connectivity index (χ0v) is 16.0. The minimum Gasteiger partial charge on any atom is -0.469 e. The molecule has 0 spiro atoms. The predicted molar refractivity (Wildman–Crippen MR) is 96.3 cm³/mol. The van der Waals surface area contributed by atoms with Crippen molar-refractivity contribution in [2.75, 3.05) is 27.2 Å². The number of esters is 1. The largest absolute Gasteiger partial charge is 0.469 e. The van der Waals surface area contributed by atoms with Crippen LogP contribution in [0.25, 0.3) is 0 Å². The van der Waals surface area contributed by atoms with E-state index in [0.717, 1.165) is 23.2 Å². The van der Waals surface area contributed by atoms with Gasteiger partial charge in [-0.2, -0.15) is 0 Å². The molecule has 1 aromatic rings. The molecule has 0 fully saturated rings. The number of aryl methyl sites for hydroxylation is 1. The van der Waals surface area contributed by atoms with Crippen LogP contribution in [-0.2, 0) is 16.1 Å². The zero-order chi connectivity index (χ0) is 15.0. The summed E-state index contributed by atoms with van der Waals surface area (Å²) in [5.41, 5.74) is 1.02. The molecule has 0 amide bonds. The molecule has 0 saturated carbocycles. The van der Waals surface area contributed by atoms with E-state index in [-0.39, 0.29) is 36.4 Å². The van der Waals surface area contributed by atoms with E-state index in [0.29, 0.717) is 13.1 Å². The summed E-state index contributed by atoms with van der Waals surface area (Å²) in [5.74, 6) is 0.518. The van der Waals surface area contributed by atoms with Gasteiger partial charge in [0.2, 0.25) is 0 Å². The van der Waals surface area contributed by atoms with Crippen LogP contribution in [0.5, 0.6) is 0 Å². The fourth-order valence-electron chi connectivity index (χ4n) is 1.62. The maximum atomic E-state index is 11.1. The number of carbonyl (C=O) groups excluding carboxylic acids is 1. The number of nitrogens with one attached hydrogen (secondary N) is 1. The highest BCUT2D eigenvalue weighted by Crippen LogP contribution is 2.09. The molecule has 0 radical (unpaired) electrons. The number of methoxy groups -OCH3 is 1. The van der Waals surface area contributed by atoms with E-state index in [1.54, 1.807) is 11.3 Å². The molecule has 0 unspecified atom stereocenters. The SMILES string of the molecule is CCNC(=NCCC(=O)OC)N(C)Cc1csc(C)n1.I. The Kier molecular flexibility index (Phi) is 10.3. The number of guanidine groups is 1. The molecule has 1 aromatic heterocycles. The van der Waals surface area contributed by atoms with E-state index >= 15 is 0 Å². The van der Waals surface area contributed by atoms with Gasteiger partial charge in [0.1, 0.15) is 0 Å². The number of thiazole rings is 1. The Morgan fingerprint density at radius 2 is 2.29 bits per heavy atom. The average molecular weight is 426 g/mol. The van der Waals surface area contributed by atoms with Crippen LogP contribution in [0.15, 0.2) is 10.4 Å². The maximum absolute atomic E-state index is 11.1. The van der Waals surface area contributed by atoms with E-state index in [2.05, 4.69) is 20.0 Å². The van der Waals surface area contributed by atoms with Gasteiger partial charge in [-0.3, -0.25) is 9.79 Å². The number of rotatable bonds is 6. The molecule has 0 aliphatic heterocycles. The second-order valence-corrected chi connectivity index (χ2v) is 5.34. The lowest BCUT2D eigenvalue weighted by Gasteiger charge is -2.21. The van der Waals surface area contributed by atoms with Crippen molar-refractivity contribution in [3.63, 3.8) is 0 Å². The number of ether oxygens (including phenoxy) is 1. The first-order valence-electron chi connectivity index (χ1n) is 6.54. The molecule has 1 N–H and O–H groups in total.